The zero-order valence-corrected chi connectivity index (χ0v) is 8.49. The van der Waals surface area contributed by atoms with E-state index in [1.165, 1.54) is 7.05 Å². The first-order chi connectivity index (χ1) is 6.56. The summed E-state index contributed by atoms with van der Waals surface area (Å²) in [5.41, 5.74) is 0. The Kier molecular flexibility index (Phi) is 3.60. The second kappa shape index (κ2) is 4.52. The third kappa shape index (κ3) is 2.30. The zero-order chi connectivity index (χ0) is 10.7. The van der Waals surface area contributed by atoms with E-state index in [9.17, 15) is 14.7 Å². The fourth-order valence-electron chi connectivity index (χ4n) is 1.34. The van der Waals surface area contributed by atoms with E-state index >= 15 is 0 Å². The van der Waals surface area contributed by atoms with E-state index in [0.29, 0.717) is 13.0 Å². The van der Waals surface area contributed by atoms with Gasteiger partial charge < -0.3 is 10.4 Å². The number of hydrogen-bond donors (Lipinski definition) is 2. The average molecular weight is 200 g/mol. The molecule has 2 unspecified atom stereocenters. The molecule has 5 heteroatoms. The Morgan fingerprint density at radius 2 is 2.29 bits per heavy atom. The molecule has 1 fully saturated rings. The first kappa shape index (κ1) is 11.1. The highest BCUT2D eigenvalue weighted by molar-refractivity contribution is 6.05. The van der Waals surface area contributed by atoms with E-state index in [2.05, 4.69) is 5.32 Å². The van der Waals surface area contributed by atoms with Gasteiger partial charge >= 0.3 is 0 Å². The number of amides is 2. The highest BCUT2D eigenvalue weighted by Crippen LogP contribution is 2.10. The lowest BCUT2D eigenvalue weighted by Gasteiger charge is -2.13. The van der Waals surface area contributed by atoms with E-state index in [-0.39, 0.29) is 18.2 Å². The third-order valence-corrected chi connectivity index (χ3v) is 2.45. The van der Waals surface area contributed by atoms with Gasteiger partial charge in [-0.1, -0.05) is 6.92 Å². The maximum absolute atomic E-state index is 11.4. The normalized spacial score (nSPS) is 24.5. The molecule has 0 aromatic heterocycles. The van der Waals surface area contributed by atoms with E-state index in [0.717, 1.165) is 4.90 Å². The number of likely N-dealkylation sites (N-methyl/N-ethyl adjacent to an activating group) is 1. The Balaban J connectivity index is 2.40. The van der Waals surface area contributed by atoms with Crippen molar-refractivity contribution in [2.75, 3.05) is 13.6 Å². The standard InChI is InChI=1S/C9H16N2O3/c1-3-6(12)5-10-7-4-8(13)11(2)9(7)14/h6-7,10,12H,3-5H2,1-2H3. The van der Waals surface area contributed by atoms with Crippen molar-refractivity contribution in [3.63, 3.8) is 0 Å². The molecule has 2 atom stereocenters. The van der Waals surface area contributed by atoms with Gasteiger partial charge in [0, 0.05) is 13.6 Å². The summed E-state index contributed by atoms with van der Waals surface area (Å²) < 4.78 is 0. The van der Waals surface area contributed by atoms with Crippen molar-refractivity contribution in [1.82, 2.24) is 10.2 Å². The van der Waals surface area contributed by atoms with Crippen molar-refractivity contribution in [1.29, 1.82) is 0 Å². The monoisotopic (exact) mass is 200 g/mol. The molecule has 0 saturated carbocycles. The number of hydrogen-bond acceptors (Lipinski definition) is 4. The second-order valence-corrected chi connectivity index (χ2v) is 3.52. The minimum Gasteiger partial charge on any atom is -0.392 e. The summed E-state index contributed by atoms with van der Waals surface area (Å²) in [5.74, 6) is -0.378. The minimum absolute atomic E-state index is 0.168. The molecule has 2 N–H and O–H groups in total. The predicted molar refractivity (Wildman–Crippen MR) is 50.5 cm³/mol. The number of likely N-dealkylation sites (tertiary alicyclic amines) is 1. The van der Waals surface area contributed by atoms with E-state index in [4.69, 9.17) is 0 Å². The summed E-state index contributed by atoms with van der Waals surface area (Å²) in [6, 6.07) is -0.450. The lowest BCUT2D eigenvalue weighted by Crippen LogP contribution is -2.40. The van der Waals surface area contributed by atoms with Crippen LogP contribution in [0.15, 0.2) is 0 Å². The molecule has 0 aromatic carbocycles. The van der Waals surface area contributed by atoms with Gasteiger partial charge in [-0.15, -0.1) is 0 Å². The van der Waals surface area contributed by atoms with Gasteiger partial charge in [-0.3, -0.25) is 14.5 Å². The van der Waals surface area contributed by atoms with Crippen LogP contribution in [0.2, 0.25) is 0 Å². The molecule has 1 aliphatic rings. The molecule has 14 heavy (non-hydrogen) atoms. The number of carbonyl (C=O) groups is 2. The maximum Gasteiger partial charge on any atom is 0.246 e. The molecule has 0 bridgehead atoms. The number of aliphatic hydroxyl groups excluding tert-OH is 1. The molecule has 1 rings (SSSR count). The molecule has 1 aliphatic heterocycles. The molecule has 5 nitrogen and oxygen atoms in total. The van der Waals surface area contributed by atoms with Crippen molar-refractivity contribution < 1.29 is 14.7 Å². The van der Waals surface area contributed by atoms with Gasteiger partial charge in [-0.2, -0.15) is 0 Å². The van der Waals surface area contributed by atoms with Gasteiger partial charge in [-0.25, -0.2) is 0 Å². The number of rotatable bonds is 4. The van der Waals surface area contributed by atoms with Crippen molar-refractivity contribution >= 4 is 11.8 Å². The molecule has 0 spiro atoms. The first-order valence-corrected chi connectivity index (χ1v) is 4.78. The third-order valence-electron chi connectivity index (χ3n) is 2.45. The lowest BCUT2D eigenvalue weighted by atomic mass is 10.2. The first-order valence-electron chi connectivity index (χ1n) is 4.78. The van der Waals surface area contributed by atoms with Crippen LogP contribution in [0, 0.1) is 0 Å². The van der Waals surface area contributed by atoms with Crippen LogP contribution in [0.5, 0.6) is 0 Å². The second-order valence-electron chi connectivity index (χ2n) is 3.52. The summed E-state index contributed by atoms with van der Waals surface area (Å²) in [5, 5.41) is 12.1. The number of nitrogens with zero attached hydrogens (tertiary/aromatic N) is 1. The Morgan fingerprint density at radius 3 is 2.71 bits per heavy atom. The predicted octanol–water partition coefficient (Wildman–Crippen LogP) is -0.896. The van der Waals surface area contributed by atoms with E-state index in [1.54, 1.807) is 0 Å². The Hall–Kier alpha value is -0.940. The van der Waals surface area contributed by atoms with E-state index in [1.807, 2.05) is 6.92 Å². The minimum atomic E-state index is -0.455. The van der Waals surface area contributed by atoms with Crippen LogP contribution < -0.4 is 5.32 Å². The summed E-state index contributed by atoms with van der Waals surface area (Å²) in [7, 11) is 1.47. The highest BCUT2D eigenvalue weighted by Gasteiger charge is 2.35. The molecule has 0 aromatic rings. The summed E-state index contributed by atoms with van der Waals surface area (Å²) in [6.45, 7) is 2.22. The molecule has 2 amide bonds. The fourth-order valence-corrected chi connectivity index (χ4v) is 1.34. The average Bonchev–Trinajstić information content (AvgIpc) is 2.42. The molecule has 0 radical (unpaired) electrons. The van der Waals surface area contributed by atoms with Gasteiger partial charge in [0.05, 0.1) is 18.6 Å². The van der Waals surface area contributed by atoms with Gasteiger partial charge in [0.25, 0.3) is 0 Å². The summed E-state index contributed by atoms with van der Waals surface area (Å²) >= 11 is 0. The molecule has 1 heterocycles. The van der Waals surface area contributed by atoms with Gasteiger partial charge in [-0.05, 0) is 6.42 Å². The summed E-state index contributed by atoms with van der Waals surface area (Å²) in [4.78, 5) is 23.6. The molecule has 0 aliphatic carbocycles. The van der Waals surface area contributed by atoms with Crippen LogP contribution >= 0.6 is 0 Å². The van der Waals surface area contributed by atoms with Crippen molar-refractivity contribution in [2.45, 2.75) is 31.9 Å². The van der Waals surface area contributed by atoms with Gasteiger partial charge in [0.15, 0.2) is 0 Å². The van der Waals surface area contributed by atoms with Crippen molar-refractivity contribution in [3.8, 4) is 0 Å². The van der Waals surface area contributed by atoms with Crippen molar-refractivity contribution in [2.24, 2.45) is 0 Å². The highest BCUT2D eigenvalue weighted by atomic mass is 16.3. The Morgan fingerprint density at radius 1 is 1.64 bits per heavy atom. The fraction of sp³-hybridized carbons (Fsp3) is 0.778. The van der Waals surface area contributed by atoms with Crippen LogP contribution in [0.4, 0.5) is 0 Å². The van der Waals surface area contributed by atoms with Crippen LogP contribution in [0.1, 0.15) is 19.8 Å². The molecule has 1 saturated heterocycles. The van der Waals surface area contributed by atoms with Crippen molar-refractivity contribution in [3.05, 3.63) is 0 Å². The van der Waals surface area contributed by atoms with Gasteiger partial charge in [0.2, 0.25) is 11.8 Å². The topological polar surface area (TPSA) is 69.6 Å². The zero-order valence-electron chi connectivity index (χ0n) is 8.49. The number of imide groups is 1. The SMILES string of the molecule is CCC(O)CNC1CC(=O)N(C)C1=O. The van der Waals surface area contributed by atoms with Crippen LogP contribution in [0.25, 0.3) is 0 Å². The number of aliphatic hydroxyl groups is 1. The largest absolute Gasteiger partial charge is 0.392 e. The smallest absolute Gasteiger partial charge is 0.246 e. The molecule has 80 valence electrons. The van der Waals surface area contributed by atoms with Gasteiger partial charge in [0.1, 0.15) is 0 Å². The van der Waals surface area contributed by atoms with Crippen LogP contribution in [-0.4, -0.2) is 47.6 Å². The van der Waals surface area contributed by atoms with E-state index < -0.39 is 12.1 Å². The number of carbonyl (C=O) groups excluding carboxylic acids is 2. The lowest BCUT2D eigenvalue weighted by molar-refractivity contribution is -0.137. The maximum atomic E-state index is 11.4. The Labute approximate surface area is 83.1 Å². The number of nitrogens with one attached hydrogen (secondary N) is 1. The molecular formula is C9H16N2O3. The van der Waals surface area contributed by atoms with Crippen LogP contribution in [0.3, 0.4) is 0 Å². The van der Waals surface area contributed by atoms with Crippen LogP contribution in [-0.2, 0) is 9.59 Å². The molecular weight excluding hydrogens is 184 g/mol. The Bertz CT molecular complexity index is 242. The summed E-state index contributed by atoms with van der Waals surface area (Å²) in [6.07, 6.45) is 0.382. The quantitative estimate of drug-likeness (QED) is 0.577.